The van der Waals surface area contributed by atoms with Crippen LogP contribution in [0.25, 0.3) is 11.1 Å². The van der Waals surface area contributed by atoms with Crippen molar-refractivity contribution in [1.82, 2.24) is 15.1 Å². The van der Waals surface area contributed by atoms with E-state index in [4.69, 9.17) is 4.84 Å². The van der Waals surface area contributed by atoms with E-state index < -0.39 is 27.9 Å². The topological polar surface area (TPSA) is 105 Å². The van der Waals surface area contributed by atoms with Gasteiger partial charge in [0.25, 0.3) is 15.9 Å². The van der Waals surface area contributed by atoms with Crippen LogP contribution in [0.15, 0.2) is 102 Å². The minimum absolute atomic E-state index is 0.0353. The van der Waals surface area contributed by atoms with Crippen LogP contribution >= 0.6 is 11.8 Å². The van der Waals surface area contributed by atoms with E-state index >= 15 is 0 Å². The third-order valence-corrected chi connectivity index (χ3v) is 10.2. The summed E-state index contributed by atoms with van der Waals surface area (Å²) in [6, 6.07) is 29.4. The molecule has 0 radical (unpaired) electrons. The summed E-state index contributed by atoms with van der Waals surface area (Å²) in [5.74, 6) is -0.788. The molecule has 4 aromatic carbocycles. The Morgan fingerprint density at radius 2 is 1.57 bits per heavy atom. The quantitative estimate of drug-likeness (QED) is 0.107. The van der Waals surface area contributed by atoms with E-state index in [2.05, 4.69) is 47.5 Å². The van der Waals surface area contributed by atoms with Crippen LogP contribution in [0.2, 0.25) is 0 Å². The molecule has 1 amide bonds. The monoisotopic (exact) mass is 701 g/mol. The molecule has 0 heterocycles. The second-order valence-electron chi connectivity index (χ2n) is 12.2. The van der Waals surface area contributed by atoms with E-state index in [1.54, 1.807) is 12.1 Å². The number of thioether (sulfide) groups is 1. The summed E-state index contributed by atoms with van der Waals surface area (Å²) in [7, 11) is -4.11. The number of sulfonamides is 1. The zero-order chi connectivity index (χ0) is 35.2. The fraction of sp³-hybridized carbons (Fsp3) is 0.333. The zero-order valence-electron chi connectivity index (χ0n) is 28.8. The molecule has 4 rings (SSSR count). The molecule has 0 bridgehead atoms. The summed E-state index contributed by atoms with van der Waals surface area (Å²) in [5, 5.41) is 2.84. The van der Waals surface area contributed by atoms with Crippen LogP contribution in [0.3, 0.4) is 0 Å². The van der Waals surface area contributed by atoms with E-state index in [0.29, 0.717) is 11.3 Å². The first-order chi connectivity index (χ1) is 23.6. The van der Waals surface area contributed by atoms with Crippen LogP contribution in [-0.2, 0) is 32.6 Å². The minimum Gasteiger partial charge on any atom is -0.353 e. The van der Waals surface area contributed by atoms with Crippen molar-refractivity contribution < 1.29 is 22.8 Å². The number of aryl methyl sites for hydroxylation is 2. The Bertz CT molecular complexity index is 1780. The highest BCUT2D eigenvalue weighted by Gasteiger charge is 2.27. The van der Waals surface area contributed by atoms with E-state index in [0.717, 1.165) is 66.7 Å². The molecular weight excluding hydrogens is 655 g/mol. The lowest BCUT2D eigenvalue weighted by Crippen LogP contribution is -2.44. The van der Waals surface area contributed by atoms with E-state index in [1.807, 2.05) is 67.5 Å². The summed E-state index contributed by atoms with van der Waals surface area (Å²) >= 11 is 1.51. The molecule has 10 heteroatoms. The number of amides is 1. The third-order valence-electron chi connectivity index (χ3n) is 8.34. The molecule has 1 atom stereocenters. The van der Waals surface area contributed by atoms with Crippen molar-refractivity contribution in [1.29, 1.82) is 0 Å². The fourth-order valence-electron chi connectivity index (χ4n) is 5.48. The molecule has 0 aromatic heterocycles. The first kappa shape index (κ1) is 37.9. The third kappa shape index (κ3) is 11.3. The standard InChI is InChI=1S/C39H47N3O5S2/c1-5-6-24-42(25-22-31-13-8-7-9-14-31)28-32-18-21-35(36(27-32)34-15-11-10-12-30(34)3)38(43)40-37(23-26-48-4)39(44)47-41-49(45,46)33-19-16-29(2)17-20-33/h7-21,27,37,41H,5-6,22-26,28H2,1-4H3,(H,40,43)/t37-/m0/s1. The van der Waals surface area contributed by atoms with Crippen LogP contribution in [0.1, 0.15) is 58.8 Å². The highest BCUT2D eigenvalue weighted by Crippen LogP contribution is 2.29. The van der Waals surface area contributed by atoms with E-state index in [-0.39, 0.29) is 11.3 Å². The average Bonchev–Trinajstić information content (AvgIpc) is 3.11. The number of carbonyl (C=O) groups excluding carboxylic acids is 2. The fourth-order valence-corrected chi connectivity index (χ4v) is 6.73. The van der Waals surface area contributed by atoms with Crippen LogP contribution in [-0.4, -0.2) is 56.3 Å². The molecule has 260 valence electrons. The lowest BCUT2D eigenvalue weighted by Gasteiger charge is -2.24. The summed E-state index contributed by atoms with van der Waals surface area (Å²) in [4.78, 5) is 36.6. The van der Waals surface area contributed by atoms with Crippen molar-refractivity contribution >= 4 is 33.7 Å². The van der Waals surface area contributed by atoms with Gasteiger partial charge in [0, 0.05) is 18.7 Å². The van der Waals surface area contributed by atoms with Gasteiger partial charge in [0.15, 0.2) is 0 Å². The van der Waals surface area contributed by atoms with Crippen LogP contribution < -0.4 is 10.2 Å². The maximum Gasteiger partial charge on any atom is 0.348 e. The number of unbranched alkanes of at least 4 members (excludes halogenated alkanes) is 1. The summed E-state index contributed by atoms with van der Waals surface area (Å²) in [6.45, 7) is 8.67. The van der Waals surface area contributed by atoms with E-state index in [1.165, 1.54) is 29.5 Å². The van der Waals surface area contributed by atoms with E-state index in [9.17, 15) is 18.0 Å². The van der Waals surface area contributed by atoms with Gasteiger partial charge in [0.2, 0.25) is 0 Å². The van der Waals surface area contributed by atoms with Gasteiger partial charge < -0.3 is 10.2 Å². The molecule has 0 saturated heterocycles. The molecule has 0 fully saturated rings. The Kier molecular flexibility index (Phi) is 14.5. The number of carbonyl (C=O) groups is 2. The minimum atomic E-state index is -4.11. The Hall–Kier alpha value is -3.96. The molecule has 4 aromatic rings. The Labute approximate surface area is 295 Å². The predicted molar refractivity (Wildman–Crippen MR) is 199 cm³/mol. The number of hydrogen-bond acceptors (Lipinski definition) is 7. The second kappa shape index (κ2) is 18.7. The van der Waals surface area contributed by atoms with Gasteiger partial charge in [-0.15, -0.1) is 0 Å². The van der Waals surface area contributed by atoms with Crippen LogP contribution in [0.4, 0.5) is 0 Å². The molecule has 0 aliphatic rings. The molecule has 0 aliphatic heterocycles. The van der Waals surface area contributed by atoms with Crippen molar-refractivity contribution in [2.45, 2.75) is 63.9 Å². The Morgan fingerprint density at radius 1 is 0.857 bits per heavy atom. The summed E-state index contributed by atoms with van der Waals surface area (Å²) in [5.41, 5.74) is 6.41. The molecule has 0 spiro atoms. The van der Waals surface area contributed by atoms with Gasteiger partial charge in [-0.05, 0) is 109 Å². The van der Waals surface area contributed by atoms with Crippen LogP contribution in [0, 0.1) is 13.8 Å². The van der Waals surface area contributed by atoms with Gasteiger partial charge in [0.05, 0.1) is 4.90 Å². The van der Waals surface area contributed by atoms with Crippen molar-refractivity contribution in [2.75, 3.05) is 25.1 Å². The summed E-state index contributed by atoms with van der Waals surface area (Å²) < 4.78 is 25.5. The molecule has 2 N–H and O–H groups in total. The Balaban J connectivity index is 1.56. The second-order valence-corrected chi connectivity index (χ2v) is 14.8. The van der Waals surface area contributed by atoms with Gasteiger partial charge in [-0.3, -0.25) is 9.69 Å². The lowest BCUT2D eigenvalue weighted by molar-refractivity contribution is -0.149. The molecule has 49 heavy (non-hydrogen) atoms. The number of nitrogens with one attached hydrogen (secondary N) is 2. The van der Waals surface area contributed by atoms with Crippen molar-refractivity contribution in [3.8, 4) is 11.1 Å². The van der Waals surface area contributed by atoms with Crippen molar-refractivity contribution in [2.24, 2.45) is 0 Å². The van der Waals surface area contributed by atoms with Gasteiger partial charge >= 0.3 is 5.97 Å². The normalized spacial score (nSPS) is 12.1. The van der Waals surface area contributed by atoms with Gasteiger partial charge in [0.1, 0.15) is 6.04 Å². The highest BCUT2D eigenvalue weighted by molar-refractivity contribution is 7.98. The zero-order valence-corrected chi connectivity index (χ0v) is 30.4. The molecule has 0 saturated carbocycles. The summed E-state index contributed by atoms with van der Waals surface area (Å²) in [6.07, 6.45) is 5.29. The predicted octanol–water partition coefficient (Wildman–Crippen LogP) is 7.10. The number of nitrogens with zero attached hydrogens (tertiary/aromatic N) is 1. The average molecular weight is 702 g/mol. The largest absolute Gasteiger partial charge is 0.353 e. The number of rotatable bonds is 18. The lowest BCUT2D eigenvalue weighted by atomic mass is 9.93. The van der Waals surface area contributed by atoms with Crippen LogP contribution in [0.5, 0.6) is 0 Å². The van der Waals surface area contributed by atoms with Gasteiger partial charge in [-0.1, -0.05) is 91.7 Å². The highest BCUT2D eigenvalue weighted by atomic mass is 32.2. The maximum absolute atomic E-state index is 13.9. The maximum atomic E-state index is 13.9. The Morgan fingerprint density at radius 3 is 2.27 bits per heavy atom. The van der Waals surface area contributed by atoms with Gasteiger partial charge in [-0.25, -0.2) is 13.2 Å². The molecule has 8 nitrogen and oxygen atoms in total. The SMILES string of the molecule is CCCCN(CCc1ccccc1)Cc1ccc(C(=O)N[C@@H](CCSC)C(=O)ONS(=O)(=O)c2ccc(C)cc2)c(-c2ccccc2C)c1. The van der Waals surface area contributed by atoms with Gasteiger partial charge in [-0.2, -0.15) is 11.8 Å². The first-order valence-electron chi connectivity index (χ1n) is 16.7. The molecule has 0 unspecified atom stereocenters. The number of benzene rings is 4. The number of hydrogen-bond donors (Lipinski definition) is 2. The molecule has 0 aliphatic carbocycles. The van der Waals surface area contributed by atoms with Crippen molar-refractivity contribution in [3.63, 3.8) is 0 Å². The first-order valence-corrected chi connectivity index (χ1v) is 19.5. The molecular formula is C39H47N3O5S2. The van der Waals surface area contributed by atoms with Crippen molar-refractivity contribution in [3.05, 3.63) is 125 Å². The smallest absolute Gasteiger partial charge is 0.348 e.